The lowest BCUT2D eigenvalue weighted by molar-refractivity contribution is 0.00857. The summed E-state index contributed by atoms with van der Waals surface area (Å²) in [5.74, 6) is 1.99. The zero-order valence-corrected chi connectivity index (χ0v) is 29.3. The highest BCUT2D eigenvalue weighted by Crippen LogP contribution is 2.62. The van der Waals surface area contributed by atoms with Crippen LogP contribution in [-0.4, -0.2) is 89.7 Å². The van der Waals surface area contributed by atoms with E-state index in [2.05, 4.69) is 49.0 Å². The summed E-state index contributed by atoms with van der Waals surface area (Å²) < 4.78 is 24.7. The zero-order chi connectivity index (χ0) is 34.4. The fourth-order valence-electron chi connectivity index (χ4n) is 9.81. The minimum absolute atomic E-state index is 0.0446. The number of ether oxygens (including phenoxy) is 4. The lowest BCUT2D eigenvalue weighted by Gasteiger charge is -2.49. The van der Waals surface area contributed by atoms with Crippen LogP contribution in [0.25, 0.3) is 10.4 Å². The molecule has 0 saturated carbocycles. The van der Waals surface area contributed by atoms with Crippen molar-refractivity contribution in [3.63, 3.8) is 0 Å². The van der Waals surface area contributed by atoms with E-state index in [0.29, 0.717) is 52.7 Å². The molecule has 0 saturated heterocycles. The summed E-state index contributed by atoms with van der Waals surface area (Å²) in [5.41, 5.74) is 19.8. The zero-order valence-electron chi connectivity index (χ0n) is 29.3. The van der Waals surface area contributed by atoms with Crippen LogP contribution in [0.1, 0.15) is 75.0 Å². The van der Waals surface area contributed by atoms with Crippen LogP contribution in [0.5, 0.6) is 11.5 Å². The maximum absolute atomic E-state index is 14.8. The van der Waals surface area contributed by atoms with Crippen LogP contribution < -0.4 is 14.5 Å². The summed E-state index contributed by atoms with van der Waals surface area (Å²) in [6.07, 6.45) is 8.53. The molecular weight excluding hydrogens is 644 g/mol. The van der Waals surface area contributed by atoms with Gasteiger partial charge >= 0.3 is 0 Å². The summed E-state index contributed by atoms with van der Waals surface area (Å²) in [4.78, 5) is 24.8. The van der Waals surface area contributed by atoms with Crippen LogP contribution in [0, 0.1) is 0 Å². The smallest absolute Gasteiger partial charge is 0.255 e. The highest BCUT2D eigenvalue weighted by atomic mass is 16.5. The second-order valence-corrected chi connectivity index (χ2v) is 14.5. The highest BCUT2D eigenvalue weighted by Gasteiger charge is 2.58. The predicted octanol–water partition coefficient (Wildman–Crippen LogP) is 6.30. The number of rotatable bonds is 12. The van der Waals surface area contributed by atoms with Crippen molar-refractivity contribution in [2.24, 2.45) is 5.11 Å². The van der Waals surface area contributed by atoms with Gasteiger partial charge < -0.3 is 33.6 Å². The van der Waals surface area contributed by atoms with Crippen molar-refractivity contribution in [3.8, 4) is 11.5 Å². The van der Waals surface area contributed by atoms with Crippen molar-refractivity contribution in [1.82, 2.24) is 4.90 Å². The second kappa shape index (κ2) is 13.7. The molecule has 51 heavy (non-hydrogen) atoms. The average molecular weight is 691 g/mol. The molecule has 0 unspecified atom stereocenters. The van der Waals surface area contributed by atoms with Crippen LogP contribution in [0.15, 0.2) is 41.5 Å². The second-order valence-electron chi connectivity index (χ2n) is 14.5. The molecule has 6 heterocycles. The summed E-state index contributed by atoms with van der Waals surface area (Å²) in [6, 6.07) is 13.1. The third kappa shape index (κ3) is 5.27. The lowest BCUT2D eigenvalue weighted by Crippen LogP contribution is -2.49. The van der Waals surface area contributed by atoms with Crippen LogP contribution >= 0.6 is 0 Å². The molecule has 9 rings (SSSR count). The Morgan fingerprint density at radius 3 is 1.88 bits per heavy atom. The van der Waals surface area contributed by atoms with Crippen molar-refractivity contribution in [2.75, 3.05) is 88.7 Å². The molecule has 3 aromatic carbocycles. The van der Waals surface area contributed by atoms with E-state index in [1.807, 2.05) is 12.1 Å². The first-order valence-corrected chi connectivity index (χ1v) is 18.9. The number of fused-ring (bicyclic) bond motifs is 8. The van der Waals surface area contributed by atoms with E-state index < -0.39 is 5.54 Å². The number of benzene rings is 3. The Hall–Kier alpha value is -4.28. The molecule has 0 aliphatic carbocycles. The molecule has 11 nitrogen and oxygen atoms in total. The maximum atomic E-state index is 14.8. The number of carbonyl (C=O) groups excluding carboxylic acids is 1. The van der Waals surface area contributed by atoms with Crippen LogP contribution in [0.2, 0.25) is 0 Å². The molecule has 0 aromatic heterocycles. The monoisotopic (exact) mass is 690 g/mol. The number of anilines is 2. The Balaban J connectivity index is 1.11. The van der Waals surface area contributed by atoms with E-state index in [0.717, 1.165) is 111 Å². The van der Waals surface area contributed by atoms with Gasteiger partial charge in [0.1, 0.15) is 17.0 Å². The van der Waals surface area contributed by atoms with Gasteiger partial charge in [0.15, 0.2) is 0 Å². The number of hydrogen-bond donors (Lipinski definition) is 0. The number of azide groups is 1. The van der Waals surface area contributed by atoms with E-state index in [1.165, 1.54) is 33.6 Å². The number of amides is 1. The predicted molar refractivity (Wildman–Crippen MR) is 194 cm³/mol. The van der Waals surface area contributed by atoms with E-state index in [4.69, 9.17) is 24.5 Å². The largest absolute Gasteiger partial charge is 0.456 e. The van der Waals surface area contributed by atoms with Crippen LogP contribution in [0.4, 0.5) is 11.4 Å². The summed E-state index contributed by atoms with van der Waals surface area (Å²) >= 11 is 0. The SMILES string of the molecule is [N-]=[N+]=NCCOCCOCCOCCN1C(=O)c2ccccc2C12c1cc3c4c(c1Oc1c2cc2c5c1CCCN5CCC2)CCCN4CCC3. The number of carbonyl (C=O) groups is 1. The van der Waals surface area contributed by atoms with Gasteiger partial charge in [-0.15, -0.1) is 0 Å². The third-order valence-electron chi connectivity index (χ3n) is 11.7. The molecule has 1 amide bonds. The van der Waals surface area contributed by atoms with E-state index in [-0.39, 0.29) is 5.91 Å². The molecule has 6 aliphatic rings. The average Bonchev–Trinajstić information content (AvgIpc) is 3.41. The first-order chi connectivity index (χ1) is 25.2. The molecule has 0 fully saturated rings. The Kier molecular flexibility index (Phi) is 8.76. The van der Waals surface area contributed by atoms with Crippen molar-refractivity contribution < 1.29 is 23.7 Å². The van der Waals surface area contributed by atoms with Crippen LogP contribution in [0.3, 0.4) is 0 Å². The Morgan fingerprint density at radius 1 is 0.725 bits per heavy atom. The van der Waals surface area contributed by atoms with E-state index in [9.17, 15) is 4.79 Å². The van der Waals surface area contributed by atoms with E-state index in [1.54, 1.807) is 0 Å². The third-order valence-corrected chi connectivity index (χ3v) is 11.7. The fraction of sp³-hybridized carbons (Fsp3) is 0.525. The maximum Gasteiger partial charge on any atom is 0.255 e. The Bertz CT molecular complexity index is 1820. The van der Waals surface area contributed by atoms with Gasteiger partial charge in [-0.25, -0.2) is 0 Å². The van der Waals surface area contributed by atoms with E-state index >= 15 is 0 Å². The van der Waals surface area contributed by atoms with Crippen molar-refractivity contribution in [1.29, 1.82) is 0 Å². The van der Waals surface area contributed by atoms with Crippen molar-refractivity contribution >= 4 is 17.3 Å². The normalized spacial score (nSPS) is 18.7. The van der Waals surface area contributed by atoms with Gasteiger partial charge in [-0.3, -0.25) is 4.79 Å². The summed E-state index contributed by atoms with van der Waals surface area (Å²) in [7, 11) is 0. The molecule has 266 valence electrons. The molecule has 6 aliphatic heterocycles. The minimum Gasteiger partial charge on any atom is -0.456 e. The number of hydrogen-bond acceptors (Lipinski definition) is 8. The van der Waals surface area contributed by atoms with Crippen molar-refractivity contribution in [3.05, 3.63) is 91.3 Å². The molecule has 3 aromatic rings. The molecule has 0 N–H and O–H groups in total. The Labute approximate surface area is 299 Å². The standard InChI is InChI=1S/C40H46N6O5/c41-43-42-13-19-48-21-23-50-24-22-49-20-18-46-39(47)29-9-1-2-12-32(29)40(46)33-25-27-7-3-14-44-16-5-10-30(35(27)44)37(33)51-38-31-11-6-17-45-15-4-8-28(36(31)45)26-34(38)40/h1-2,9,12,25-26H,3-8,10-11,13-24H2. The summed E-state index contributed by atoms with van der Waals surface area (Å²) in [6.45, 7) is 7.58. The minimum atomic E-state index is -0.820. The molecule has 0 atom stereocenters. The van der Waals surface area contributed by atoms with Crippen molar-refractivity contribution in [2.45, 2.75) is 56.9 Å². The van der Waals surface area contributed by atoms with Gasteiger partial charge in [-0.2, -0.15) is 0 Å². The lowest BCUT2D eigenvalue weighted by atomic mass is 9.70. The first-order valence-electron chi connectivity index (χ1n) is 18.9. The topological polar surface area (TPSA) is 112 Å². The van der Waals surface area contributed by atoms with Crippen LogP contribution in [-0.2, 0) is 45.4 Å². The molecule has 0 radical (unpaired) electrons. The molecule has 11 heteroatoms. The van der Waals surface area contributed by atoms with Gasteiger partial charge in [0.2, 0.25) is 0 Å². The van der Waals surface area contributed by atoms with Gasteiger partial charge in [0, 0.05) is 83.4 Å². The highest BCUT2D eigenvalue weighted by molar-refractivity contribution is 6.03. The quantitative estimate of drug-likeness (QED) is 0.0950. The van der Waals surface area contributed by atoms with Gasteiger partial charge in [-0.1, -0.05) is 23.3 Å². The number of nitrogens with zero attached hydrogens (tertiary/aromatic N) is 6. The van der Waals surface area contributed by atoms with Gasteiger partial charge in [0.05, 0.1) is 39.6 Å². The summed E-state index contributed by atoms with van der Waals surface area (Å²) in [5, 5.41) is 3.47. The fourth-order valence-corrected chi connectivity index (χ4v) is 9.81. The molecule has 1 spiro atoms. The first kappa shape index (κ1) is 32.6. The van der Waals surface area contributed by atoms with Gasteiger partial charge in [0.25, 0.3) is 5.91 Å². The van der Waals surface area contributed by atoms with Gasteiger partial charge in [-0.05, 0) is 91.8 Å². The number of aryl methyl sites for hydroxylation is 2. The Morgan fingerprint density at radius 2 is 1.27 bits per heavy atom. The molecular formula is C40H46N6O5. The molecule has 0 bridgehead atoms.